The van der Waals surface area contributed by atoms with Crippen molar-refractivity contribution in [3.05, 3.63) is 77.1 Å². The van der Waals surface area contributed by atoms with Crippen molar-refractivity contribution in [1.29, 1.82) is 0 Å². The van der Waals surface area contributed by atoms with Gasteiger partial charge in [0.05, 0.1) is 33.9 Å². The summed E-state index contributed by atoms with van der Waals surface area (Å²) in [5, 5.41) is 0. The van der Waals surface area contributed by atoms with E-state index in [-0.39, 0.29) is 24.5 Å². The van der Waals surface area contributed by atoms with E-state index in [0.717, 1.165) is 10.2 Å². The van der Waals surface area contributed by atoms with Gasteiger partial charge in [0.25, 0.3) is 0 Å². The van der Waals surface area contributed by atoms with Gasteiger partial charge >= 0.3 is 5.97 Å². The van der Waals surface area contributed by atoms with E-state index in [1.165, 1.54) is 11.3 Å². The molecular weight excluding hydrogens is 448 g/mol. The Balaban J connectivity index is 1.82. The topological polar surface area (TPSA) is 94.8 Å². The fraction of sp³-hybridized carbons (Fsp3) is 0.261. The van der Waals surface area contributed by atoms with E-state index < -0.39 is 21.7 Å². The first kappa shape index (κ1) is 23.6. The van der Waals surface area contributed by atoms with Gasteiger partial charge in [-0.05, 0) is 30.7 Å². The highest BCUT2D eigenvalue weighted by Gasteiger charge is 2.16. The minimum Gasteiger partial charge on any atom is -0.462 e. The van der Waals surface area contributed by atoms with Gasteiger partial charge in [-0.1, -0.05) is 47.7 Å². The van der Waals surface area contributed by atoms with Gasteiger partial charge in [-0.2, -0.15) is 4.99 Å². The minimum atomic E-state index is -3.44. The summed E-state index contributed by atoms with van der Waals surface area (Å²) in [5.74, 6) is -1.33. The molecule has 0 fully saturated rings. The zero-order valence-electron chi connectivity index (χ0n) is 17.7. The summed E-state index contributed by atoms with van der Waals surface area (Å²) in [7, 11) is -3.44. The molecule has 0 bridgehead atoms. The highest BCUT2D eigenvalue weighted by Crippen LogP contribution is 2.20. The molecule has 0 saturated heterocycles. The Kier molecular flexibility index (Phi) is 7.76. The van der Waals surface area contributed by atoms with Crippen molar-refractivity contribution >= 4 is 43.3 Å². The van der Waals surface area contributed by atoms with Crippen LogP contribution in [-0.2, 0) is 31.7 Å². The Morgan fingerprint density at radius 1 is 1.19 bits per heavy atom. The largest absolute Gasteiger partial charge is 0.462 e. The second-order valence-electron chi connectivity index (χ2n) is 7.02. The van der Waals surface area contributed by atoms with Crippen LogP contribution in [0, 0.1) is 0 Å². The Bertz CT molecular complexity index is 1310. The smallest absolute Gasteiger partial charge is 0.338 e. The van der Waals surface area contributed by atoms with Crippen LogP contribution in [0.4, 0.5) is 0 Å². The number of hydrogen-bond acceptors (Lipinski definition) is 6. The monoisotopic (exact) mass is 472 g/mol. The summed E-state index contributed by atoms with van der Waals surface area (Å²) in [5.41, 5.74) is 1.89. The number of nitrogens with zero attached hydrogens (tertiary/aromatic N) is 2. The van der Waals surface area contributed by atoms with E-state index in [1.54, 1.807) is 60.0 Å². The number of carbonyl (C=O) groups excluding carboxylic acids is 2. The first-order valence-electron chi connectivity index (χ1n) is 10.1. The highest BCUT2D eigenvalue weighted by molar-refractivity contribution is 7.90. The molecule has 1 heterocycles. The van der Waals surface area contributed by atoms with Crippen molar-refractivity contribution in [2.75, 3.05) is 12.4 Å². The van der Waals surface area contributed by atoms with Crippen molar-refractivity contribution in [2.45, 2.75) is 25.6 Å². The molecule has 0 spiro atoms. The molecule has 168 valence electrons. The summed E-state index contributed by atoms with van der Waals surface area (Å²) in [6.45, 7) is 6.18. The van der Waals surface area contributed by atoms with Crippen LogP contribution in [0.1, 0.15) is 29.3 Å². The fourth-order valence-electron chi connectivity index (χ4n) is 3.11. The van der Waals surface area contributed by atoms with E-state index >= 15 is 0 Å². The zero-order valence-corrected chi connectivity index (χ0v) is 19.3. The lowest BCUT2D eigenvalue weighted by molar-refractivity contribution is -0.117. The van der Waals surface area contributed by atoms with Gasteiger partial charge < -0.3 is 9.30 Å². The summed E-state index contributed by atoms with van der Waals surface area (Å²) in [6.07, 6.45) is 1.48. The average Bonchev–Trinajstić information content (AvgIpc) is 3.09. The number of thiazole rings is 1. The second kappa shape index (κ2) is 10.5. The molecule has 0 saturated carbocycles. The number of aromatic nitrogens is 1. The lowest BCUT2D eigenvalue weighted by atomic mass is 10.2. The van der Waals surface area contributed by atoms with Gasteiger partial charge in [-0.25, -0.2) is 13.2 Å². The van der Waals surface area contributed by atoms with Gasteiger partial charge in [0.15, 0.2) is 14.6 Å². The lowest BCUT2D eigenvalue weighted by Crippen LogP contribution is -2.18. The number of carbonyl (C=O) groups is 2. The third-order valence-corrected chi connectivity index (χ3v) is 7.22. The molecule has 1 aromatic heterocycles. The molecule has 32 heavy (non-hydrogen) atoms. The van der Waals surface area contributed by atoms with Crippen LogP contribution < -0.4 is 4.80 Å². The van der Waals surface area contributed by atoms with E-state index in [2.05, 4.69) is 11.6 Å². The first-order chi connectivity index (χ1) is 15.3. The van der Waals surface area contributed by atoms with Crippen LogP contribution in [0.2, 0.25) is 0 Å². The van der Waals surface area contributed by atoms with Crippen LogP contribution in [0.3, 0.4) is 0 Å². The predicted molar refractivity (Wildman–Crippen MR) is 125 cm³/mol. The van der Waals surface area contributed by atoms with E-state index in [0.29, 0.717) is 22.5 Å². The summed E-state index contributed by atoms with van der Waals surface area (Å²) in [4.78, 5) is 29.1. The van der Waals surface area contributed by atoms with Gasteiger partial charge in [-0.15, -0.1) is 6.58 Å². The van der Waals surface area contributed by atoms with Crippen molar-refractivity contribution in [3.8, 4) is 0 Å². The molecule has 2 aromatic carbocycles. The number of rotatable bonds is 9. The van der Waals surface area contributed by atoms with Crippen LogP contribution >= 0.6 is 11.3 Å². The van der Waals surface area contributed by atoms with Gasteiger partial charge in [0.1, 0.15) is 0 Å². The molecule has 0 aliphatic rings. The van der Waals surface area contributed by atoms with Crippen molar-refractivity contribution in [1.82, 2.24) is 4.57 Å². The Labute approximate surface area is 190 Å². The third-order valence-electron chi connectivity index (χ3n) is 4.58. The average molecular weight is 473 g/mol. The van der Waals surface area contributed by atoms with Crippen molar-refractivity contribution in [2.24, 2.45) is 4.99 Å². The normalized spacial score (nSPS) is 12.1. The Morgan fingerprint density at radius 3 is 2.62 bits per heavy atom. The summed E-state index contributed by atoms with van der Waals surface area (Å²) >= 11 is 1.25. The molecule has 0 radical (unpaired) electrons. The Hall–Kier alpha value is -3.04. The molecule has 7 nitrogen and oxygen atoms in total. The maximum atomic E-state index is 12.5. The molecule has 0 aliphatic heterocycles. The second-order valence-corrected chi connectivity index (χ2v) is 10.2. The maximum Gasteiger partial charge on any atom is 0.338 e. The molecule has 1 amide bonds. The van der Waals surface area contributed by atoms with Gasteiger partial charge in [0.2, 0.25) is 5.91 Å². The number of fused-ring (bicyclic) bond motifs is 1. The van der Waals surface area contributed by atoms with E-state index in [9.17, 15) is 18.0 Å². The van der Waals surface area contributed by atoms with Crippen LogP contribution in [0.5, 0.6) is 0 Å². The number of ether oxygens (including phenoxy) is 1. The molecule has 9 heteroatoms. The van der Waals surface area contributed by atoms with Crippen molar-refractivity contribution < 1.29 is 22.7 Å². The fourth-order valence-corrected chi connectivity index (χ4v) is 5.54. The molecule has 0 N–H and O–H groups in total. The van der Waals surface area contributed by atoms with Crippen LogP contribution in [-0.4, -0.2) is 37.2 Å². The van der Waals surface area contributed by atoms with E-state index in [4.69, 9.17) is 4.74 Å². The molecule has 0 aliphatic carbocycles. The van der Waals surface area contributed by atoms with Crippen LogP contribution in [0.25, 0.3) is 10.2 Å². The SMILES string of the molecule is C=CCn1c(=NC(=O)CCS(=O)(=O)Cc2ccccc2)sc2cc(C(=O)OCC)ccc21. The Morgan fingerprint density at radius 2 is 1.94 bits per heavy atom. The summed E-state index contributed by atoms with van der Waals surface area (Å²) < 4.78 is 32.3. The molecular formula is C23H24N2O5S2. The summed E-state index contributed by atoms with van der Waals surface area (Å²) in [6, 6.07) is 14.0. The number of esters is 1. The number of amides is 1. The van der Waals surface area contributed by atoms with Crippen molar-refractivity contribution in [3.63, 3.8) is 0 Å². The number of allylic oxidation sites excluding steroid dienone is 1. The standard InChI is InChI=1S/C23H24N2O5S2/c1-3-13-25-19-11-10-18(22(27)30-4-2)15-20(19)31-23(25)24-21(26)12-14-32(28,29)16-17-8-6-5-7-9-17/h3,5-11,15H,1,4,12-14,16H2,2H3. The third kappa shape index (κ3) is 6.02. The predicted octanol–water partition coefficient (Wildman–Crippen LogP) is 3.50. The molecule has 0 unspecified atom stereocenters. The first-order valence-corrected chi connectivity index (χ1v) is 12.7. The molecule has 3 aromatic rings. The zero-order chi connectivity index (χ0) is 23.1. The minimum absolute atomic E-state index is 0.114. The number of hydrogen-bond donors (Lipinski definition) is 0. The lowest BCUT2D eigenvalue weighted by Gasteiger charge is -2.04. The van der Waals surface area contributed by atoms with Crippen LogP contribution in [0.15, 0.2) is 66.2 Å². The quantitative estimate of drug-likeness (QED) is 0.351. The van der Waals surface area contributed by atoms with Gasteiger partial charge in [0, 0.05) is 13.0 Å². The molecule has 0 atom stereocenters. The highest BCUT2D eigenvalue weighted by atomic mass is 32.2. The number of sulfone groups is 1. The number of benzene rings is 2. The van der Waals surface area contributed by atoms with E-state index in [1.807, 2.05) is 6.07 Å². The molecule has 3 rings (SSSR count). The maximum absolute atomic E-state index is 12.5. The van der Waals surface area contributed by atoms with Gasteiger partial charge in [-0.3, -0.25) is 4.79 Å².